The van der Waals surface area contributed by atoms with E-state index >= 15 is 0 Å². The molecule has 0 unspecified atom stereocenters. The van der Waals surface area contributed by atoms with E-state index in [9.17, 15) is 4.79 Å². The zero-order valence-electron chi connectivity index (χ0n) is 15.4. The number of rotatable bonds is 5. The Morgan fingerprint density at radius 1 is 1.11 bits per heavy atom. The molecule has 2 aliphatic heterocycles. The molecule has 2 aromatic rings. The molecule has 0 saturated carbocycles. The molecule has 7 heteroatoms. The molecule has 142 valence electrons. The van der Waals surface area contributed by atoms with E-state index in [2.05, 4.69) is 51.8 Å². The Morgan fingerprint density at radius 2 is 1.85 bits per heavy atom. The topological polar surface area (TPSA) is 75.3 Å². The monoisotopic (exact) mass is 383 g/mol. The molecule has 4 rings (SSSR count). The molecule has 0 spiro atoms. The summed E-state index contributed by atoms with van der Waals surface area (Å²) in [5, 5.41) is 0. The minimum absolute atomic E-state index is 0.143. The molecule has 2 N–H and O–H groups in total. The fraction of sp³-hybridized carbons (Fsp3) is 0.450. The molecule has 3 heterocycles. The first kappa shape index (κ1) is 18.3. The van der Waals surface area contributed by atoms with E-state index in [0.717, 1.165) is 17.9 Å². The molecule has 1 aromatic carbocycles. The van der Waals surface area contributed by atoms with Crippen LogP contribution in [-0.2, 0) is 30.1 Å². The molecule has 1 aromatic heterocycles. The highest BCUT2D eigenvalue weighted by atomic mass is 32.1. The number of aromatic nitrogens is 2. The van der Waals surface area contributed by atoms with Gasteiger partial charge in [0, 0.05) is 25.1 Å². The van der Waals surface area contributed by atoms with Crippen LogP contribution in [0.3, 0.4) is 0 Å². The number of hydrogen-bond acceptors (Lipinski definition) is 7. The van der Waals surface area contributed by atoms with Crippen LogP contribution in [0.25, 0.3) is 0 Å². The molecule has 2 aliphatic rings. The molecule has 0 radical (unpaired) electrons. The third-order valence-corrected chi connectivity index (χ3v) is 5.50. The van der Waals surface area contributed by atoms with Gasteiger partial charge >= 0.3 is 0 Å². The van der Waals surface area contributed by atoms with Crippen molar-refractivity contribution >= 4 is 30.0 Å². The minimum atomic E-state index is 0.143. The summed E-state index contributed by atoms with van der Waals surface area (Å²) in [7, 11) is 0. The summed E-state index contributed by atoms with van der Waals surface area (Å²) < 4.78 is 0. The molecule has 0 bridgehead atoms. The number of likely N-dealkylation sites (tertiary alicyclic amines) is 1. The lowest BCUT2D eigenvalue weighted by atomic mass is 10.0. The predicted octanol–water partition coefficient (Wildman–Crippen LogP) is 2.22. The number of anilines is 2. The summed E-state index contributed by atoms with van der Waals surface area (Å²) in [5.74, 6) is 2.33. The van der Waals surface area contributed by atoms with E-state index in [1.165, 1.54) is 37.1 Å². The third-order valence-electron chi connectivity index (χ3n) is 5.22. The number of fused-ring (bicyclic) bond motifs is 1. The van der Waals surface area contributed by atoms with Gasteiger partial charge in [0.05, 0.1) is 12.3 Å². The maximum atomic E-state index is 12.3. The Labute approximate surface area is 165 Å². The minimum Gasteiger partial charge on any atom is -0.383 e. The van der Waals surface area contributed by atoms with Crippen molar-refractivity contribution in [1.82, 2.24) is 14.9 Å². The Morgan fingerprint density at radius 3 is 2.59 bits per heavy atom. The van der Waals surface area contributed by atoms with Gasteiger partial charge in [-0.05, 0) is 37.1 Å². The number of nitrogens with two attached hydrogens (primary N) is 1. The number of hydrogen-bond donors (Lipinski definition) is 2. The molecular weight excluding hydrogens is 358 g/mol. The maximum absolute atomic E-state index is 12.3. The van der Waals surface area contributed by atoms with Gasteiger partial charge in [0.2, 0.25) is 0 Å². The summed E-state index contributed by atoms with van der Waals surface area (Å²) in [4.78, 5) is 25.6. The van der Waals surface area contributed by atoms with Crippen molar-refractivity contribution in [3.63, 3.8) is 0 Å². The van der Waals surface area contributed by atoms with Crippen molar-refractivity contribution in [1.29, 1.82) is 0 Å². The summed E-state index contributed by atoms with van der Waals surface area (Å²) in [6.07, 6.45) is 2.89. The Kier molecular flexibility index (Phi) is 5.31. The van der Waals surface area contributed by atoms with Crippen LogP contribution in [0.2, 0.25) is 0 Å². The van der Waals surface area contributed by atoms with Gasteiger partial charge in [-0.3, -0.25) is 9.69 Å². The lowest BCUT2D eigenvalue weighted by Gasteiger charge is -2.30. The number of thiol groups is 1. The first-order valence-electron chi connectivity index (χ1n) is 9.45. The number of ketones is 1. The summed E-state index contributed by atoms with van der Waals surface area (Å²) in [6, 6.07) is 8.62. The van der Waals surface area contributed by atoms with Crippen LogP contribution < -0.4 is 10.6 Å². The molecule has 27 heavy (non-hydrogen) atoms. The van der Waals surface area contributed by atoms with Crippen molar-refractivity contribution in [3.05, 3.63) is 46.8 Å². The van der Waals surface area contributed by atoms with E-state index in [-0.39, 0.29) is 5.78 Å². The first-order valence-corrected chi connectivity index (χ1v) is 10.1. The van der Waals surface area contributed by atoms with Gasteiger partial charge in [-0.15, -0.1) is 0 Å². The number of carbonyl (C=O) groups excluding carboxylic acids is 1. The number of nitrogen functional groups attached to an aromatic ring is 1. The predicted molar refractivity (Wildman–Crippen MR) is 110 cm³/mol. The fourth-order valence-electron chi connectivity index (χ4n) is 3.95. The van der Waals surface area contributed by atoms with Gasteiger partial charge in [-0.2, -0.15) is 12.6 Å². The Bertz CT molecular complexity index is 850. The molecule has 1 saturated heterocycles. The number of Topliss-reactive ketones (excluding diaryl/α,β-unsaturated/α-hetero) is 1. The van der Waals surface area contributed by atoms with Gasteiger partial charge in [-0.25, -0.2) is 9.97 Å². The van der Waals surface area contributed by atoms with Gasteiger partial charge in [0.25, 0.3) is 0 Å². The SMILES string of the molecule is Nc1nc(CS)nc2c1CC(=O)CN2Cc1cccc(CN2CCCC2)c1. The van der Waals surface area contributed by atoms with Crippen molar-refractivity contribution in [2.75, 3.05) is 30.3 Å². The van der Waals surface area contributed by atoms with Gasteiger partial charge in [0.15, 0.2) is 5.78 Å². The van der Waals surface area contributed by atoms with Crippen LogP contribution in [0.15, 0.2) is 24.3 Å². The van der Waals surface area contributed by atoms with E-state index in [1.54, 1.807) is 0 Å². The highest BCUT2D eigenvalue weighted by Gasteiger charge is 2.27. The van der Waals surface area contributed by atoms with Crippen LogP contribution in [0.1, 0.15) is 35.4 Å². The third kappa shape index (κ3) is 4.09. The van der Waals surface area contributed by atoms with Crippen molar-refractivity contribution in [3.8, 4) is 0 Å². The number of nitrogens with zero attached hydrogens (tertiary/aromatic N) is 4. The van der Waals surface area contributed by atoms with Gasteiger partial charge < -0.3 is 10.6 Å². The molecular formula is C20H25N5OS. The molecule has 0 aliphatic carbocycles. The summed E-state index contributed by atoms with van der Waals surface area (Å²) in [5.41, 5.74) is 9.32. The average molecular weight is 384 g/mol. The smallest absolute Gasteiger partial charge is 0.156 e. The van der Waals surface area contributed by atoms with Crippen molar-refractivity contribution < 1.29 is 4.79 Å². The quantitative estimate of drug-likeness (QED) is 0.771. The molecule has 0 atom stereocenters. The van der Waals surface area contributed by atoms with Crippen LogP contribution in [-0.4, -0.2) is 40.3 Å². The van der Waals surface area contributed by atoms with Gasteiger partial charge in [-0.1, -0.05) is 24.3 Å². The van der Waals surface area contributed by atoms with Gasteiger partial charge in [0.1, 0.15) is 17.5 Å². The highest BCUT2D eigenvalue weighted by Crippen LogP contribution is 2.29. The van der Waals surface area contributed by atoms with Crippen molar-refractivity contribution in [2.24, 2.45) is 0 Å². The second-order valence-corrected chi connectivity index (χ2v) is 7.68. The fourth-order valence-corrected chi connectivity index (χ4v) is 4.10. The standard InChI is InChI=1S/C20H25N5OS/c21-19-17-9-16(26)12-25(20(17)23-18(13-27)22-19)11-15-5-3-4-14(8-15)10-24-6-1-2-7-24/h3-5,8,27H,1-2,6-7,9-13H2,(H2,21,22,23). The van der Waals surface area contributed by atoms with Crippen LogP contribution in [0, 0.1) is 0 Å². The summed E-state index contributed by atoms with van der Waals surface area (Å²) >= 11 is 4.27. The van der Waals surface area contributed by atoms with E-state index < -0.39 is 0 Å². The van der Waals surface area contributed by atoms with E-state index in [0.29, 0.717) is 36.9 Å². The second-order valence-electron chi connectivity index (χ2n) is 7.36. The first-order chi connectivity index (χ1) is 13.1. The van der Waals surface area contributed by atoms with Crippen LogP contribution in [0.5, 0.6) is 0 Å². The van der Waals surface area contributed by atoms with Crippen molar-refractivity contribution in [2.45, 2.75) is 38.1 Å². The Hall–Kier alpha value is -2.12. The van der Waals surface area contributed by atoms with Crippen LogP contribution in [0.4, 0.5) is 11.6 Å². The number of carbonyl (C=O) groups is 1. The van der Waals surface area contributed by atoms with Crippen LogP contribution >= 0.6 is 12.6 Å². The van der Waals surface area contributed by atoms with E-state index in [4.69, 9.17) is 5.73 Å². The molecule has 0 amide bonds. The highest BCUT2D eigenvalue weighted by molar-refractivity contribution is 7.79. The number of benzene rings is 1. The zero-order chi connectivity index (χ0) is 18.8. The van der Waals surface area contributed by atoms with E-state index in [1.807, 2.05) is 4.90 Å². The Balaban J connectivity index is 1.58. The molecule has 6 nitrogen and oxygen atoms in total. The largest absolute Gasteiger partial charge is 0.383 e. The lowest BCUT2D eigenvalue weighted by Crippen LogP contribution is -2.37. The molecule has 1 fully saturated rings. The summed E-state index contributed by atoms with van der Waals surface area (Å²) in [6.45, 7) is 4.34. The normalized spacial score (nSPS) is 17.4. The second kappa shape index (κ2) is 7.86. The average Bonchev–Trinajstić information content (AvgIpc) is 3.15. The lowest BCUT2D eigenvalue weighted by molar-refractivity contribution is -0.117. The maximum Gasteiger partial charge on any atom is 0.156 e. The zero-order valence-corrected chi connectivity index (χ0v) is 16.3.